The fourth-order valence-electron chi connectivity index (χ4n) is 3.99. The summed E-state index contributed by atoms with van der Waals surface area (Å²) in [4.78, 5) is 17.6. The molecule has 0 unspecified atom stereocenters. The van der Waals surface area contributed by atoms with Crippen LogP contribution in [0.4, 0.5) is 0 Å². The first-order valence-corrected chi connectivity index (χ1v) is 11.0. The monoisotopic (exact) mass is 470 g/mol. The highest BCUT2D eigenvalue weighted by Crippen LogP contribution is 2.42. The number of hydrogen-bond acceptors (Lipinski definition) is 6. The van der Waals surface area contributed by atoms with Gasteiger partial charge in [0.25, 0.3) is 0 Å². The van der Waals surface area contributed by atoms with Crippen LogP contribution in [0, 0.1) is 0 Å². The number of benzene rings is 2. The predicted octanol–water partition coefficient (Wildman–Crippen LogP) is 3.55. The molecular formula is C23H23BrN2O4. The average molecular weight is 471 g/mol. The zero-order chi connectivity index (χ0) is 20.5. The summed E-state index contributed by atoms with van der Waals surface area (Å²) in [6.07, 6.45) is 1.79. The highest BCUT2D eigenvalue weighted by Gasteiger charge is 2.33. The lowest BCUT2D eigenvalue weighted by atomic mass is 10.0. The van der Waals surface area contributed by atoms with Crippen LogP contribution in [0.25, 0.3) is 6.08 Å². The molecule has 30 heavy (non-hydrogen) atoms. The summed E-state index contributed by atoms with van der Waals surface area (Å²) in [6, 6.07) is 11.5. The molecule has 0 saturated carbocycles. The van der Waals surface area contributed by atoms with Gasteiger partial charge in [0.1, 0.15) is 18.2 Å². The van der Waals surface area contributed by atoms with E-state index >= 15 is 0 Å². The lowest BCUT2D eigenvalue weighted by Crippen LogP contribution is -2.43. The van der Waals surface area contributed by atoms with Gasteiger partial charge in [0, 0.05) is 37.2 Å². The van der Waals surface area contributed by atoms with Crippen molar-refractivity contribution in [3.8, 4) is 11.5 Å². The molecule has 0 aliphatic carbocycles. The Morgan fingerprint density at radius 2 is 1.83 bits per heavy atom. The number of fused-ring (bicyclic) bond motifs is 3. The lowest BCUT2D eigenvalue weighted by Gasteiger charge is -2.33. The molecule has 0 radical (unpaired) electrons. The number of carbonyl (C=O) groups excluding carboxylic acids is 1. The smallest absolute Gasteiger partial charge is 0.231 e. The Balaban J connectivity index is 1.35. The molecule has 3 heterocycles. The molecule has 2 aromatic rings. The number of Topliss-reactive ketones (excluding diaryl/α,β-unsaturated/α-hetero) is 1. The van der Waals surface area contributed by atoms with Crippen LogP contribution in [0.15, 0.2) is 46.6 Å². The first kappa shape index (κ1) is 19.8. The molecule has 3 aliphatic heterocycles. The maximum atomic E-state index is 12.9. The number of rotatable bonds is 4. The van der Waals surface area contributed by atoms with Gasteiger partial charge in [-0.1, -0.05) is 34.1 Å². The predicted molar refractivity (Wildman–Crippen MR) is 117 cm³/mol. The van der Waals surface area contributed by atoms with Crippen LogP contribution in [0.2, 0.25) is 0 Å². The Morgan fingerprint density at radius 3 is 2.67 bits per heavy atom. The molecule has 2 aromatic carbocycles. The van der Waals surface area contributed by atoms with E-state index in [2.05, 4.69) is 25.7 Å². The first-order chi connectivity index (χ1) is 14.7. The number of morpholine rings is 1. The van der Waals surface area contributed by atoms with Gasteiger partial charge in [-0.3, -0.25) is 14.6 Å². The highest BCUT2D eigenvalue weighted by molar-refractivity contribution is 9.10. The number of nitrogens with zero attached hydrogens (tertiary/aromatic N) is 2. The molecule has 1 saturated heterocycles. The second-order valence-electron chi connectivity index (χ2n) is 7.66. The summed E-state index contributed by atoms with van der Waals surface area (Å²) >= 11 is 3.53. The van der Waals surface area contributed by atoms with Gasteiger partial charge in [-0.15, -0.1) is 0 Å². The summed E-state index contributed by atoms with van der Waals surface area (Å²) in [7, 11) is 0. The maximum Gasteiger partial charge on any atom is 0.231 e. The van der Waals surface area contributed by atoms with Crippen LogP contribution >= 0.6 is 15.9 Å². The standard InChI is InChI=1S/C23H23BrN2O4/c24-19-4-2-1-3-16(19)13-21-22(27)17-5-6-20-18(23(17)30-21)14-26(15-29-20)8-7-25-9-11-28-12-10-25/h1-6,13H,7-12,14-15H2. The molecule has 0 aromatic heterocycles. The third kappa shape index (κ3) is 3.90. The Kier molecular flexibility index (Phi) is 5.60. The van der Waals surface area contributed by atoms with Crippen LogP contribution < -0.4 is 9.47 Å². The highest BCUT2D eigenvalue weighted by atomic mass is 79.9. The molecular weight excluding hydrogens is 448 g/mol. The number of halogens is 1. The van der Waals surface area contributed by atoms with Crippen LogP contribution in [0.1, 0.15) is 21.5 Å². The normalized spacial score (nSPS) is 20.6. The van der Waals surface area contributed by atoms with E-state index in [0.29, 0.717) is 30.3 Å². The van der Waals surface area contributed by atoms with Crippen molar-refractivity contribution in [2.24, 2.45) is 0 Å². The van der Waals surface area contributed by atoms with Gasteiger partial charge in [0.15, 0.2) is 5.76 Å². The minimum atomic E-state index is -0.0889. The number of ketones is 1. The number of ether oxygens (including phenoxy) is 3. The number of carbonyl (C=O) groups is 1. The van der Waals surface area contributed by atoms with E-state index < -0.39 is 0 Å². The molecule has 3 aliphatic rings. The van der Waals surface area contributed by atoms with E-state index in [1.165, 1.54) is 0 Å². The Hall–Kier alpha value is -2.19. The minimum absolute atomic E-state index is 0.0889. The van der Waals surface area contributed by atoms with Crippen molar-refractivity contribution in [2.45, 2.75) is 6.54 Å². The Morgan fingerprint density at radius 1 is 1.03 bits per heavy atom. The van der Waals surface area contributed by atoms with Crippen molar-refractivity contribution in [3.05, 3.63) is 63.3 Å². The number of allylic oxidation sites excluding steroid dienone is 1. The average Bonchev–Trinajstić information content (AvgIpc) is 3.10. The topological polar surface area (TPSA) is 51.2 Å². The molecule has 0 spiro atoms. The summed E-state index contributed by atoms with van der Waals surface area (Å²) in [6.45, 7) is 6.68. The quantitative estimate of drug-likeness (QED) is 0.636. The first-order valence-electron chi connectivity index (χ1n) is 10.2. The van der Waals surface area contributed by atoms with E-state index in [9.17, 15) is 4.79 Å². The van der Waals surface area contributed by atoms with Gasteiger partial charge in [0.2, 0.25) is 5.78 Å². The van der Waals surface area contributed by atoms with Crippen molar-refractivity contribution < 1.29 is 19.0 Å². The van der Waals surface area contributed by atoms with Crippen LogP contribution in [0.3, 0.4) is 0 Å². The molecule has 7 heteroatoms. The van der Waals surface area contributed by atoms with Gasteiger partial charge in [-0.2, -0.15) is 0 Å². The molecule has 156 valence electrons. The van der Waals surface area contributed by atoms with E-state index in [1.807, 2.05) is 30.3 Å². The van der Waals surface area contributed by atoms with Crippen LogP contribution in [0.5, 0.6) is 11.5 Å². The SMILES string of the molecule is O=C1C(=Cc2ccccc2Br)Oc2c1ccc1c2CN(CCN2CCOCC2)CO1. The molecule has 6 nitrogen and oxygen atoms in total. The van der Waals surface area contributed by atoms with Crippen molar-refractivity contribution >= 4 is 27.8 Å². The van der Waals surface area contributed by atoms with Crippen LogP contribution in [-0.4, -0.2) is 61.7 Å². The summed E-state index contributed by atoms with van der Waals surface area (Å²) in [5.41, 5.74) is 2.46. The Bertz CT molecular complexity index is 1000. The van der Waals surface area contributed by atoms with Gasteiger partial charge in [-0.25, -0.2) is 0 Å². The molecule has 5 rings (SSSR count). The van der Waals surface area contributed by atoms with Gasteiger partial charge in [-0.05, 0) is 29.8 Å². The van der Waals surface area contributed by atoms with Crippen LogP contribution in [-0.2, 0) is 11.3 Å². The second kappa shape index (κ2) is 8.51. The molecule has 1 fully saturated rings. The zero-order valence-electron chi connectivity index (χ0n) is 16.6. The van der Waals surface area contributed by atoms with E-state index in [-0.39, 0.29) is 5.78 Å². The minimum Gasteiger partial charge on any atom is -0.478 e. The van der Waals surface area contributed by atoms with Gasteiger partial charge in [0.05, 0.1) is 24.3 Å². The number of hydrogen-bond donors (Lipinski definition) is 0. The van der Waals surface area contributed by atoms with Gasteiger partial charge >= 0.3 is 0 Å². The van der Waals surface area contributed by atoms with Gasteiger partial charge < -0.3 is 14.2 Å². The summed E-state index contributed by atoms with van der Waals surface area (Å²) < 4.78 is 18.4. The van der Waals surface area contributed by atoms with Crippen molar-refractivity contribution in [1.82, 2.24) is 9.80 Å². The van der Waals surface area contributed by atoms with E-state index in [4.69, 9.17) is 14.2 Å². The van der Waals surface area contributed by atoms with Crippen molar-refractivity contribution in [2.75, 3.05) is 46.1 Å². The third-order valence-electron chi connectivity index (χ3n) is 5.71. The van der Waals surface area contributed by atoms with E-state index in [0.717, 1.165) is 60.7 Å². The Labute approximate surface area is 184 Å². The lowest BCUT2D eigenvalue weighted by molar-refractivity contribution is 0.0239. The van der Waals surface area contributed by atoms with E-state index in [1.54, 1.807) is 12.1 Å². The van der Waals surface area contributed by atoms with Crippen molar-refractivity contribution in [1.29, 1.82) is 0 Å². The summed E-state index contributed by atoms with van der Waals surface area (Å²) in [5.74, 6) is 1.68. The molecule has 0 amide bonds. The molecule has 0 bridgehead atoms. The maximum absolute atomic E-state index is 12.9. The fraction of sp³-hybridized carbons (Fsp3) is 0.348. The fourth-order valence-corrected chi connectivity index (χ4v) is 4.39. The second-order valence-corrected chi connectivity index (χ2v) is 8.51. The summed E-state index contributed by atoms with van der Waals surface area (Å²) in [5, 5.41) is 0. The largest absolute Gasteiger partial charge is 0.478 e. The molecule has 0 N–H and O–H groups in total. The molecule has 0 atom stereocenters. The third-order valence-corrected chi connectivity index (χ3v) is 6.43. The van der Waals surface area contributed by atoms with Crippen molar-refractivity contribution in [3.63, 3.8) is 0 Å². The zero-order valence-corrected chi connectivity index (χ0v) is 18.2.